The summed E-state index contributed by atoms with van der Waals surface area (Å²) in [7, 11) is 0. The quantitative estimate of drug-likeness (QED) is 0.782. The number of carbonyl (C=O) groups excluding carboxylic acids is 1. The predicted octanol–water partition coefficient (Wildman–Crippen LogP) is 3.50. The number of nitrogens with zero attached hydrogens (tertiary/aromatic N) is 3. The summed E-state index contributed by atoms with van der Waals surface area (Å²) in [5, 5.41) is 11.7. The first-order valence-electron chi connectivity index (χ1n) is 7.95. The van der Waals surface area contributed by atoms with E-state index in [1.165, 1.54) is 0 Å². The molecule has 0 atom stereocenters. The van der Waals surface area contributed by atoms with Crippen LogP contribution in [0.3, 0.4) is 0 Å². The summed E-state index contributed by atoms with van der Waals surface area (Å²) in [6.45, 7) is 2.77. The van der Waals surface area contributed by atoms with Gasteiger partial charge in [0.1, 0.15) is 0 Å². The van der Waals surface area contributed by atoms with E-state index in [1.54, 1.807) is 12.1 Å². The number of rotatable bonds is 5. The molecule has 0 saturated carbocycles. The van der Waals surface area contributed by atoms with Gasteiger partial charge in [-0.1, -0.05) is 24.3 Å². The van der Waals surface area contributed by atoms with Crippen molar-refractivity contribution in [3.05, 3.63) is 59.7 Å². The van der Waals surface area contributed by atoms with E-state index in [0.717, 1.165) is 23.1 Å². The van der Waals surface area contributed by atoms with Crippen molar-refractivity contribution in [3.63, 3.8) is 0 Å². The zero-order valence-electron chi connectivity index (χ0n) is 13.5. The van der Waals surface area contributed by atoms with Crippen molar-refractivity contribution in [2.45, 2.75) is 26.3 Å². The van der Waals surface area contributed by atoms with Crippen LogP contribution < -0.4 is 5.32 Å². The van der Waals surface area contributed by atoms with Crippen LogP contribution in [-0.4, -0.2) is 15.5 Å². The molecule has 5 nitrogen and oxygen atoms in total. The topological polar surface area (TPSA) is 70.7 Å². The molecular weight excluding hydrogens is 300 g/mol. The molecule has 3 rings (SSSR count). The van der Waals surface area contributed by atoms with Gasteiger partial charge in [0, 0.05) is 13.0 Å². The van der Waals surface area contributed by atoms with Gasteiger partial charge in [-0.15, -0.1) is 0 Å². The van der Waals surface area contributed by atoms with Gasteiger partial charge in [-0.25, -0.2) is 4.98 Å². The molecule has 5 heteroatoms. The molecule has 1 heterocycles. The highest BCUT2D eigenvalue weighted by atomic mass is 16.1. The van der Waals surface area contributed by atoms with Crippen LogP contribution in [-0.2, 0) is 17.8 Å². The molecule has 24 heavy (non-hydrogen) atoms. The summed E-state index contributed by atoms with van der Waals surface area (Å²) in [5.41, 5.74) is 3.55. The number of imidazole rings is 1. The van der Waals surface area contributed by atoms with E-state index in [1.807, 2.05) is 47.9 Å². The molecule has 0 bridgehead atoms. The van der Waals surface area contributed by atoms with Gasteiger partial charge >= 0.3 is 0 Å². The molecule has 0 saturated heterocycles. The highest BCUT2D eigenvalue weighted by Crippen LogP contribution is 2.19. The molecule has 0 aliphatic rings. The van der Waals surface area contributed by atoms with Crippen molar-refractivity contribution in [1.29, 1.82) is 5.26 Å². The van der Waals surface area contributed by atoms with Gasteiger partial charge in [-0.3, -0.25) is 10.1 Å². The highest BCUT2D eigenvalue weighted by molar-refractivity contribution is 5.91. The van der Waals surface area contributed by atoms with Crippen molar-refractivity contribution in [1.82, 2.24) is 9.55 Å². The number of nitriles is 1. The van der Waals surface area contributed by atoms with Crippen LogP contribution in [0.5, 0.6) is 0 Å². The SMILES string of the molecule is CCn1c(NC(=O)CCc2ccc(C#N)cc2)nc2ccccc21. The first-order chi connectivity index (χ1) is 11.7. The summed E-state index contributed by atoms with van der Waals surface area (Å²) in [4.78, 5) is 16.7. The maximum Gasteiger partial charge on any atom is 0.227 e. The molecule has 0 spiro atoms. The van der Waals surface area contributed by atoms with Crippen molar-refractivity contribution < 1.29 is 4.79 Å². The minimum atomic E-state index is -0.0654. The molecule has 0 aliphatic heterocycles. The van der Waals surface area contributed by atoms with Crippen LogP contribution in [0.2, 0.25) is 0 Å². The van der Waals surface area contributed by atoms with Crippen LogP contribution in [0, 0.1) is 11.3 Å². The lowest BCUT2D eigenvalue weighted by Gasteiger charge is -2.07. The van der Waals surface area contributed by atoms with Crippen molar-refractivity contribution >= 4 is 22.9 Å². The fourth-order valence-electron chi connectivity index (χ4n) is 2.68. The number of hydrogen-bond acceptors (Lipinski definition) is 3. The third-order valence-corrected chi connectivity index (χ3v) is 3.95. The van der Waals surface area contributed by atoms with Gasteiger partial charge in [-0.05, 0) is 43.2 Å². The largest absolute Gasteiger partial charge is 0.310 e. The van der Waals surface area contributed by atoms with Crippen LogP contribution in [0.4, 0.5) is 5.95 Å². The molecule has 0 aliphatic carbocycles. The number of para-hydroxylation sites is 2. The molecule has 0 radical (unpaired) electrons. The lowest BCUT2D eigenvalue weighted by molar-refractivity contribution is -0.116. The summed E-state index contributed by atoms with van der Waals surface area (Å²) < 4.78 is 1.99. The zero-order valence-corrected chi connectivity index (χ0v) is 13.5. The summed E-state index contributed by atoms with van der Waals surface area (Å²) >= 11 is 0. The van der Waals surface area contributed by atoms with Gasteiger partial charge in [0.25, 0.3) is 0 Å². The van der Waals surface area contributed by atoms with Crippen molar-refractivity contribution in [3.8, 4) is 6.07 Å². The average molecular weight is 318 g/mol. The van der Waals surface area contributed by atoms with E-state index >= 15 is 0 Å². The minimum absolute atomic E-state index is 0.0654. The molecule has 1 aromatic heterocycles. The summed E-state index contributed by atoms with van der Waals surface area (Å²) in [6, 6.07) is 17.2. The zero-order chi connectivity index (χ0) is 16.9. The lowest BCUT2D eigenvalue weighted by atomic mass is 10.1. The molecule has 3 aromatic rings. The average Bonchev–Trinajstić information content (AvgIpc) is 2.97. The van der Waals surface area contributed by atoms with E-state index in [9.17, 15) is 4.79 Å². The Morgan fingerprint density at radius 1 is 1.21 bits per heavy atom. The number of benzene rings is 2. The molecule has 2 aromatic carbocycles. The Labute approximate surface area is 140 Å². The van der Waals surface area contributed by atoms with Crippen LogP contribution in [0.15, 0.2) is 48.5 Å². The van der Waals surface area contributed by atoms with Gasteiger partial charge in [0.15, 0.2) is 0 Å². The Balaban J connectivity index is 1.67. The second-order valence-electron chi connectivity index (χ2n) is 5.53. The molecule has 1 N–H and O–H groups in total. The van der Waals surface area contributed by atoms with Crippen LogP contribution >= 0.6 is 0 Å². The fourth-order valence-corrected chi connectivity index (χ4v) is 2.68. The number of aryl methyl sites for hydroxylation is 2. The standard InChI is InChI=1S/C19H18N4O/c1-2-23-17-6-4-3-5-16(17)21-19(23)22-18(24)12-11-14-7-9-15(13-20)10-8-14/h3-10H,2,11-12H2,1H3,(H,21,22,24). The third kappa shape index (κ3) is 3.28. The number of amides is 1. The molecule has 0 unspecified atom stereocenters. The third-order valence-electron chi connectivity index (χ3n) is 3.95. The lowest BCUT2D eigenvalue weighted by Crippen LogP contribution is -2.16. The number of aromatic nitrogens is 2. The predicted molar refractivity (Wildman–Crippen MR) is 93.5 cm³/mol. The normalized spacial score (nSPS) is 10.5. The Hall–Kier alpha value is -3.13. The van der Waals surface area contributed by atoms with E-state index in [4.69, 9.17) is 5.26 Å². The second-order valence-corrected chi connectivity index (χ2v) is 5.53. The fraction of sp³-hybridized carbons (Fsp3) is 0.211. The Bertz CT molecular complexity index is 903. The Morgan fingerprint density at radius 2 is 1.96 bits per heavy atom. The maximum atomic E-state index is 12.2. The highest BCUT2D eigenvalue weighted by Gasteiger charge is 2.11. The Kier molecular flexibility index (Phi) is 4.57. The maximum absolute atomic E-state index is 12.2. The van der Waals surface area contributed by atoms with E-state index in [0.29, 0.717) is 24.4 Å². The number of nitrogens with one attached hydrogen (secondary N) is 1. The Morgan fingerprint density at radius 3 is 2.67 bits per heavy atom. The first-order valence-corrected chi connectivity index (χ1v) is 7.95. The smallest absolute Gasteiger partial charge is 0.227 e. The van der Waals surface area contributed by atoms with Crippen LogP contribution in [0.25, 0.3) is 11.0 Å². The number of anilines is 1. The molecule has 1 amide bonds. The van der Waals surface area contributed by atoms with Gasteiger partial charge < -0.3 is 4.57 Å². The summed E-state index contributed by atoms with van der Waals surface area (Å²) in [6.07, 6.45) is 1.00. The van der Waals surface area contributed by atoms with Gasteiger partial charge in [0.2, 0.25) is 11.9 Å². The molecular formula is C19H18N4O. The van der Waals surface area contributed by atoms with Crippen molar-refractivity contribution in [2.75, 3.05) is 5.32 Å². The number of fused-ring (bicyclic) bond motifs is 1. The van der Waals surface area contributed by atoms with Crippen LogP contribution in [0.1, 0.15) is 24.5 Å². The number of hydrogen-bond donors (Lipinski definition) is 1. The van der Waals surface area contributed by atoms with Gasteiger partial charge in [0.05, 0.1) is 22.7 Å². The minimum Gasteiger partial charge on any atom is -0.310 e. The number of carbonyl (C=O) groups is 1. The first kappa shape index (κ1) is 15.8. The summed E-state index contributed by atoms with van der Waals surface area (Å²) in [5.74, 6) is 0.521. The van der Waals surface area contributed by atoms with E-state index in [2.05, 4.69) is 16.4 Å². The second kappa shape index (κ2) is 6.97. The van der Waals surface area contributed by atoms with Crippen molar-refractivity contribution in [2.24, 2.45) is 0 Å². The molecule has 0 fully saturated rings. The van der Waals surface area contributed by atoms with Gasteiger partial charge in [-0.2, -0.15) is 5.26 Å². The van der Waals surface area contributed by atoms with E-state index < -0.39 is 0 Å². The molecule has 120 valence electrons. The monoisotopic (exact) mass is 318 g/mol. The van der Waals surface area contributed by atoms with E-state index in [-0.39, 0.29) is 5.91 Å².